The van der Waals surface area contributed by atoms with Crippen molar-refractivity contribution >= 4 is 47.0 Å². The van der Waals surface area contributed by atoms with Gasteiger partial charge >= 0.3 is 5.97 Å². The minimum atomic E-state index is -0.868. The molecule has 0 saturated heterocycles. The standard InChI is InChI=1S/C25H26Cl2N2O3/c1-24(2,3)32-22(30)20-10-7-16(14-28-20)25(13-15-5-4-6-17(26)11-15)19-9-8-18(27)12-21(19)29-23(25)31/h4-6,8-9,11-12,14,16,20H,7,10,13H2,1-3H3,(H,29,31). The van der Waals surface area contributed by atoms with Gasteiger partial charge in [0.1, 0.15) is 11.6 Å². The number of nitrogens with one attached hydrogen (secondary N) is 1. The van der Waals surface area contributed by atoms with Gasteiger partial charge in [-0.2, -0.15) is 0 Å². The maximum absolute atomic E-state index is 13.5. The first-order valence-corrected chi connectivity index (χ1v) is 11.5. The second-order valence-electron chi connectivity index (χ2n) is 9.45. The zero-order valence-corrected chi connectivity index (χ0v) is 19.8. The topological polar surface area (TPSA) is 67.8 Å². The summed E-state index contributed by atoms with van der Waals surface area (Å²) < 4.78 is 5.50. The van der Waals surface area contributed by atoms with Gasteiger partial charge in [-0.25, -0.2) is 4.79 Å². The van der Waals surface area contributed by atoms with E-state index in [1.54, 1.807) is 18.3 Å². The highest BCUT2D eigenvalue weighted by Gasteiger charge is 2.52. The number of esters is 1. The van der Waals surface area contributed by atoms with Gasteiger partial charge in [-0.15, -0.1) is 0 Å². The number of carbonyl (C=O) groups is 2. The molecule has 32 heavy (non-hydrogen) atoms. The molecule has 2 aromatic rings. The van der Waals surface area contributed by atoms with Gasteiger partial charge in [-0.05, 0) is 75.4 Å². The summed E-state index contributed by atoms with van der Waals surface area (Å²) in [6.07, 6.45) is 3.38. The maximum atomic E-state index is 13.5. The lowest BCUT2D eigenvalue weighted by molar-refractivity contribution is -0.156. The molecule has 0 aliphatic carbocycles. The largest absolute Gasteiger partial charge is 0.458 e. The molecule has 0 spiro atoms. The highest BCUT2D eigenvalue weighted by Crippen LogP contribution is 2.48. The van der Waals surface area contributed by atoms with E-state index in [2.05, 4.69) is 10.3 Å². The molecule has 2 aliphatic rings. The van der Waals surface area contributed by atoms with Gasteiger partial charge in [0.2, 0.25) is 5.91 Å². The van der Waals surface area contributed by atoms with Crippen molar-refractivity contribution in [3.8, 4) is 0 Å². The van der Waals surface area contributed by atoms with Crippen molar-refractivity contribution in [3.63, 3.8) is 0 Å². The molecule has 168 valence electrons. The number of hydrogen-bond donors (Lipinski definition) is 1. The first kappa shape index (κ1) is 22.8. The Labute approximate surface area is 198 Å². The van der Waals surface area contributed by atoms with E-state index < -0.39 is 17.1 Å². The molecule has 0 radical (unpaired) electrons. The van der Waals surface area contributed by atoms with Crippen molar-refractivity contribution in [2.75, 3.05) is 5.32 Å². The molecule has 5 nitrogen and oxygen atoms in total. The molecule has 2 aromatic carbocycles. The molecule has 7 heteroatoms. The van der Waals surface area contributed by atoms with Crippen molar-refractivity contribution < 1.29 is 14.3 Å². The Balaban J connectivity index is 1.71. The molecule has 0 fully saturated rings. The van der Waals surface area contributed by atoms with Crippen molar-refractivity contribution in [2.24, 2.45) is 10.9 Å². The van der Waals surface area contributed by atoms with Crippen molar-refractivity contribution in [2.45, 2.75) is 57.1 Å². The van der Waals surface area contributed by atoms with Crippen LogP contribution in [0, 0.1) is 5.92 Å². The fourth-order valence-corrected chi connectivity index (χ4v) is 5.01. The van der Waals surface area contributed by atoms with Crippen molar-refractivity contribution in [1.82, 2.24) is 0 Å². The lowest BCUT2D eigenvalue weighted by atomic mass is 9.65. The zero-order chi connectivity index (χ0) is 23.1. The number of anilines is 1. The normalized spacial score (nSPS) is 24.7. The van der Waals surface area contributed by atoms with E-state index in [0.29, 0.717) is 35.0 Å². The summed E-state index contributed by atoms with van der Waals surface area (Å²) >= 11 is 12.4. The highest BCUT2D eigenvalue weighted by molar-refractivity contribution is 6.31. The van der Waals surface area contributed by atoms with E-state index in [4.69, 9.17) is 27.9 Å². The molecule has 0 bridgehead atoms. The monoisotopic (exact) mass is 472 g/mol. The molecule has 1 N–H and O–H groups in total. The summed E-state index contributed by atoms with van der Waals surface area (Å²) in [7, 11) is 0. The number of ether oxygens (including phenoxy) is 1. The van der Waals surface area contributed by atoms with Gasteiger partial charge in [-0.3, -0.25) is 9.79 Å². The number of rotatable bonds is 4. The Bertz CT molecular complexity index is 1090. The third-order valence-corrected chi connectivity index (χ3v) is 6.47. The molecular formula is C25H26Cl2N2O3. The first-order valence-electron chi connectivity index (χ1n) is 10.7. The Morgan fingerprint density at radius 3 is 2.56 bits per heavy atom. The summed E-state index contributed by atoms with van der Waals surface area (Å²) in [5.41, 5.74) is 1.12. The number of carbonyl (C=O) groups excluding carboxylic acids is 2. The third-order valence-electron chi connectivity index (χ3n) is 6.00. The average Bonchev–Trinajstić information content (AvgIpc) is 2.98. The Hall–Kier alpha value is -2.37. The number of hydrogen-bond acceptors (Lipinski definition) is 4. The van der Waals surface area contributed by atoms with Gasteiger partial charge in [0.15, 0.2) is 0 Å². The van der Waals surface area contributed by atoms with Gasteiger partial charge in [0.05, 0.1) is 5.41 Å². The molecular weight excluding hydrogens is 447 g/mol. The molecule has 2 aliphatic heterocycles. The minimum Gasteiger partial charge on any atom is -0.458 e. The summed E-state index contributed by atoms with van der Waals surface area (Å²) in [6.45, 7) is 5.52. The number of aliphatic imine (C=N–C) groups is 1. The van der Waals surface area contributed by atoms with Crippen LogP contribution in [0.2, 0.25) is 10.0 Å². The van der Waals surface area contributed by atoms with Gasteiger partial charge < -0.3 is 10.1 Å². The quantitative estimate of drug-likeness (QED) is 0.587. The van der Waals surface area contributed by atoms with Crippen LogP contribution in [0.15, 0.2) is 47.5 Å². The molecule has 0 aromatic heterocycles. The fourth-order valence-electron chi connectivity index (χ4n) is 4.63. The molecule has 3 atom stereocenters. The molecule has 2 heterocycles. The van der Waals surface area contributed by atoms with Crippen LogP contribution in [0.1, 0.15) is 44.7 Å². The van der Waals surface area contributed by atoms with E-state index in [0.717, 1.165) is 11.1 Å². The summed E-state index contributed by atoms with van der Waals surface area (Å²) in [5, 5.41) is 4.20. The fraction of sp³-hybridized carbons (Fsp3) is 0.400. The second kappa shape index (κ2) is 8.53. The summed E-state index contributed by atoms with van der Waals surface area (Å²) in [4.78, 5) is 30.6. The zero-order valence-electron chi connectivity index (χ0n) is 18.3. The molecule has 3 unspecified atom stereocenters. The number of halogens is 2. The Morgan fingerprint density at radius 1 is 1.16 bits per heavy atom. The van der Waals surface area contributed by atoms with Crippen molar-refractivity contribution in [1.29, 1.82) is 0 Å². The van der Waals surface area contributed by atoms with Crippen LogP contribution < -0.4 is 5.32 Å². The first-order chi connectivity index (χ1) is 15.1. The smallest absolute Gasteiger partial charge is 0.331 e. The predicted octanol–water partition coefficient (Wildman–Crippen LogP) is 5.62. The van der Waals surface area contributed by atoms with Gasteiger partial charge in [-0.1, -0.05) is 41.4 Å². The van der Waals surface area contributed by atoms with E-state index >= 15 is 0 Å². The lowest BCUT2D eigenvalue weighted by Crippen LogP contribution is -2.46. The highest BCUT2D eigenvalue weighted by atomic mass is 35.5. The Morgan fingerprint density at radius 2 is 1.91 bits per heavy atom. The van der Waals surface area contributed by atoms with E-state index in [9.17, 15) is 9.59 Å². The summed E-state index contributed by atoms with van der Waals surface area (Å²) in [6, 6.07) is 12.5. The SMILES string of the molecule is CC(C)(C)OC(=O)C1CCC(C2(Cc3cccc(Cl)c3)C(=O)Nc3cc(Cl)ccc32)C=N1. The molecule has 4 rings (SSSR count). The number of amides is 1. The van der Waals surface area contributed by atoms with Crippen molar-refractivity contribution in [3.05, 3.63) is 63.6 Å². The van der Waals surface area contributed by atoms with E-state index in [1.165, 1.54) is 0 Å². The Kier molecular flexibility index (Phi) is 6.08. The number of benzene rings is 2. The van der Waals surface area contributed by atoms with Crippen LogP contribution in [0.25, 0.3) is 0 Å². The number of nitrogens with zero attached hydrogens (tertiary/aromatic N) is 1. The van der Waals surface area contributed by atoms with Crippen LogP contribution >= 0.6 is 23.2 Å². The van der Waals surface area contributed by atoms with Crippen LogP contribution in [-0.2, 0) is 26.2 Å². The van der Waals surface area contributed by atoms with Crippen LogP contribution in [-0.4, -0.2) is 29.7 Å². The van der Waals surface area contributed by atoms with Gasteiger partial charge in [0, 0.05) is 27.9 Å². The van der Waals surface area contributed by atoms with E-state index in [-0.39, 0.29) is 17.8 Å². The number of fused-ring (bicyclic) bond motifs is 1. The van der Waals surface area contributed by atoms with Crippen LogP contribution in [0.5, 0.6) is 0 Å². The average molecular weight is 473 g/mol. The van der Waals surface area contributed by atoms with Crippen LogP contribution in [0.3, 0.4) is 0 Å². The minimum absolute atomic E-state index is 0.0955. The molecule has 1 amide bonds. The summed E-state index contributed by atoms with van der Waals surface area (Å²) in [5.74, 6) is -0.622. The lowest BCUT2D eigenvalue weighted by Gasteiger charge is -2.37. The van der Waals surface area contributed by atoms with Gasteiger partial charge in [0.25, 0.3) is 0 Å². The second-order valence-corrected chi connectivity index (χ2v) is 10.3. The third kappa shape index (κ3) is 4.41. The predicted molar refractivity (Wildman–Crippen MR) is 128 cm³/mol. The van der Waals surface area contributed by atoms with Crippen LogP contribution in [0.4, 0.5) is 5.69 Å². The van der Waals surface area contributed by atoms with E-state index in [1.807, 2.05) is 51.1 Å². The maximum Gasteiger partial charge on any atom is 0.331 e. The molecule has 0 saturated carbocycles.